The van der Waals surface area contributed by atoms with Gasteiger partial charge in [-0.15, -0.1) is 0 Å². The van der Waals surface area contributed by atoms with Crippen LogP contribution in [0.15, 0.2) is 54.7 Å². The first-order valence-corrected chi connectivity index (χ1v) is 8.86. The normalized spacial score (nSPS) is 10.3. The number of nitrogens with zero attached hydrogens (tertiary/aromatic N) is 2. The molecule has 2 N–H and O–H groups in total. The zero-order valence-electron chi connectivity index (χ0n) is 15.2. The highest BCUT2D eigenvalue weighted by atomic mass is 35.5. The summed E-state index contributed by atoms with van der Waals surface area (Å²) in [5.41, 5.74) is 1.98. The Hall–Kier alpha value is -2.99. The molecule has 0 atom stereocenters. The van der Waals surface area contributed by atoms with Crippen molar-refractivity contribution < 1.29 is 9.47 Å². The molecule has 0 aliphatic rings. The molecular weight excluding hydrogens is 364 g/mol. The van der Waals surface area contributed by atoms with Crippen LogP contribution in [0.4, 0.5) is 17.5 Å². The number of ether oxygens (including phenoxy) is 2. The van der Waals surface area contributed by atoms with E-state index >= 15 is 0 Å². The van der Waals surface area contributed by atoms with Crippen LogP contribution < -0.4 is 20.1 Å². The van der Waals surface area contributed by atoms with Crippen LogP contribution in [0.3, 0.4) is 0 Å². The van der Waals surface area contributed by atoms with E-state index in [0.29, 0.717) is 17.4 Å². The number of methoxy groups -OCH3 is 2. The van der Waals surface area contributed by atoms with Crippen LogP contribution >= 0.6 is 11.6 Å². The van der Waals surface area contributed by atoms with Crippen molar-refractivity contribution in [1.29, 1.82) is 0 Å². The van der Waals surface area contributed by atoms with Gasteiger partial charge in [0.15, 0.2) is 11.5 Å². The molecule has 1 aromatic heterocycles. The summed E-state index contributed by atoms with van der Waals surface area (Å²) >= 11 is 6.01. The summed E-state index contributed by atoms with van der Waals surface area (Å²) in [5.74, 6) is 2.55. The summed E-state index contributed by atoms with van der Waals surface area (Å²) in [6.07, 6.45) is 2.56. The van der Waals surface area contributed by atoms with E-state index < -0.39 is 0 Å². The van der Waals surface area contributed by atoms with Crippen LogP contribution in [0, 0.1) is 0 Å². The molecule has 0 unspecified atom stereocenters. The van der Waals surface area contributed by atoms with Gasteiger partial charge in [-0.25, -0.2) is 4.98 Å². The Labute approximate surface area is 163 Å². The SMILES string of the molecule is COc1ccc(Nc2nccc(NCCc3cccc(Cl)c3)n2)cc1OC. The minimum atomic E-state index is 0.495. The summed E-state index contributed by atoms with van der Waals surface area (Å²) in [6.45, 7) is 0.743. The van der Waals surface area contributed by atoms with Crippen molar-refractivity contribution in [2.75, 3.05) is 31.4 Å². The highest BCUT2D eigenvalue weighted by Crippen LogP contribution is 2.30. The predicted molar refractivity (Wildman–Crippen MR) is 109 cm³/mol. The third kappa shape index (κ3) is 5.24. The molecule has 0 fully saturated rings. The van der Waals surface area contributed by atoms with Crippen LogP contribution in [-0.4, -0.2) is 30.7 Å². The molecule has 0 aliphatic carbocycles. The molecular formula is C20H21ClN4O2. The first kappa shape index (κ1) is 18.8. The van der Waals surface area contributed by atoms with Crippen LogP contribution in [0.5, 0.6) is 11.5 Å². The van der Waals surface area contributed by atoms with Gasteiger partial charge in [0.05, 0.1) is 14.2 Å². The van der Waals surface area contributed by atoms with Gasteiger partial charge in [-0.05, 0) is 42.3 Å². The topological polar surface area (TPSA) is 68.3 Å². The molecule has 0 amide bonds. The number of halogens is 1. The maximum Gasteiger partial charge on any atom is 0.229 e. The first-order valence-electron chi connectivity index (χ1n) is 8.48. The molecule has 1 heterocycles. The van der Waals surface area contributed by atoms with Gasteiger partial charge in [-0.1, -0.05) is 23.7 Å². The van der Waals surface area contributed by atoms with E-state index in [9.17, 15) is 0 Å². The Morgan fingerprint density at radius 3 is 2.63 bits per heavy atom. The second-order valence-electron chi connectivity index (χ2n) is 5.77. The van der Waals surface area contributed by atoms with Crippen molar-refractivity contribution >= 4 is 29.1 Å². The number of benzene rings is 2. The van der Waals surface area contributed by atoms with Crippen molar-refractivity contribution in [2.45, 2.75) is 6.42 Å². The lowest BCUT2D eigenvalue weighted by atomic mass is 10.1. The Morgan fingerprint density at radius 2 is 1.85 bits per heavy atom. The van der Waals surface area contributed by atoms with Gasteiger partial charge < -0.3 is 20.1 Å². The fourth-order valence-corrected chi connectivity index (χ4v) is 2.80. The van der Waals surface area contributed by atoms with Gasteiger partial charge in [0.1, 0.15) is 5.82 Å². The quantitative estimate of drug-likeness (QED) is 0.594. The summed E-state index contributed by atoms with van der Waals surface area (Å²) in [7, 11) is 3.20. The van der Waals surface area contributed by atoms with Gasteiger partial charge in [0.2, 0.25) is 5.95 Å². The number of hydrogen-bond acceptors (Lipinski definition) is 6. The average Bonchev–Trinajstić information content (AvgIpc) is 2.68. The minimum absolute atomic E-state index is 0.495. The Morgan fingerprint density at radius 1 is 1.00 bits per heavy atom. The van der Waals surface area contributed by atoms with E-state index in [0.717, 1.165) is 29.5 Å². The van der Waals surface area contributed by atoms with Crippen molar-refractivity contribution in [3.63, 3.8) is 0 Å². The van der Waals surface area contributed by atoms with Crippen molar-refractivity contribution in [3.8, 4) is 11.5 Å². The van der Waals surface area contributed by atoms with E-state index in [4.69, 9.17) is 21.1 Å². The van der Waals surface area contributed by atoms with Crippen molar-refractivity contribution in [2.24, 2.45) is 0 Å². The van der Waals surface area contributed by atoms with Crippen LogP contribution in [0.25, 0.3) is 0 Å². The molecule has 140 valence electrons. The van der Waals surface area contributed by atoms with E-state index in [2.05, 4.69) is 26.7 Å². The molecule has 0 saturated carbocycles. The molecule has 0 bridgehead atoms. The number of nitrogens with one attached hydrogen (secondary N) is 2. The molecule has 3 aromatic rings. The number of anilines is 3. The number of rotatable bonds is 8. The second kappa shape index (κ2) is 9.09. The zero-order valence-corrected chi connectivity index (χ0v) is 16.0. The van der Waals surface area contributed by atoms with E-state index in [-0.39, 0.29) is 0 Å². The number of aromatic nitrogens is 2. The largest absolute Gasteiger partial charge is 0.493 e. The minimum Gasteiger partial charge on any atom is -0.493 e. The molecule has 0 radical (unpaired) electrons. The molecule has 7 heteroatoms. The Kier molecular flexibility index (Phi) is 6.33. The van der Waals surface area contributed by atoms with Crippen molar-refractivity contribution in [3.05, 3.63) is 65.3 Å². The lowest BCUT2D eigenvalue weighted by Crippen LogP contribution is -2.07. The molecule has 2 aromatic carbocycles. The average molecular weight is 385 g/mol. The van der Waals surface area contributed by atoms with Crippen LogP contribution in [-0.2, 0) is 6.42 Å². The van der Waals surface area contributed by atoms with Gasteiger partial charge in [-0.3, -0.25) is 0 Å². The smallest absolute Gasteiger partial charge is 0.229 e. The third-order valence-electron chi connectivity index (χ3n) is 3.90. The highest BCUT2D eigenvalue weighted by molar-refractivity contribution is 6.30. The van der Waals surface area contributed by atoms with Gasteiger partial charge >= 0.3 is 0 Å². The van der Waals surface area contributed by atoms with E-state index in [1.54, 1.807) is 20.4 Å². The van der Waals surface area contributed by atoms with Gasteiger partial charge in [-0.2, -0.15) is 4.98 Å². The van der Waals surface area contributed by atoms with Crippen LogP contribution in [0.2, 0.25) is 5.02 Å². The van der Waals surface area contributed by atoms with Gasteiger partial charge in [0, 0.05) is 29.5 Å². The predicted octanol–water partition coefficient (Wildman–Crippen LogP) is 4.55. The lowest BCUT2D eigenvalue weighted by Gasteiger charge is -2.11. The fourth-order valence-electron chi connectivity index (χ4n) is 2.59. The lowest BCUT2D eigenvalue weighted by molar-refractivity contribution is 0.355. The summed E-state index contributed by atoms with van der Waals surface area (Å²) in [4.78, 5) is 8.74. The summed E-state index contributed by atoms with van der Waals surface area (Å²) in [5, 5.41) is 7.22. The molecule has 0 spiro atoms. The molecule has 0 aliphatic heterocycles. The number of hydrogen-bond donors (Lipinski definition) is 2. The van der Waals surface area contributed by atoms with Crippen LogP contribution in [0.1, 0.15) is 5.56 Å². The standard InChI is InChI=1S/C20H21ClN4O2/c1-26-17-7-6-16(13-18(17)27-2)24-20-23-11-9-19(25-20)22-10-8-14-4-3-5-15(21)12-14/h3-7,9,11-13H,8,10H2,1-2H3,(H2,22,23,24,25). The molecule has 3 rings (SSSR count). The Balaban J connectivity index is 1.62. The second-order valence-corrected chi connectivity index (χ2v) is 6.20. The van der Waals surface area contributed by atoms with Gasteiger partial charge in [0.25, 0.3) is 0 Å². The van der Waals surface area contributed by atoms with E-state index in [1.807, 2.05) is 42.5 Å². The maximum atomic E-state index is 6.01. The fraction of sp³-hybridized carbons (Fsp3) is 0.200. The third-order valence-corrected chi connectivity index (χ3v) is 4.14. The highest BCUT2D eigenvalue weighted by Gasteiger charge is 2.06. The van der Waals surface area contributed by atoms with E-state index in [1.165, 1.54) is 5.56 Å². The first-order chi connectivity index (χ1) is 13.2. The summed E-state index contributed by atoms with van der Waals surface area (Å²) in [6, 6.07) is 15.2. The maximum absolute atomic E-state index is 6.01. The van der Waals surface area contributed by atoms with Crippen molar-refractivity contribution in [1.82, 2.24) is 9.97 Å². The Bertz CT molecular complexity index is 905. The monoisotopic (exact) mass is 384 g/mol. The molecule has 0 saturated heterocycles. The molecule has 6 nitrogen and oxygen atoms in total. The zero-order chi connectivity index (χ0) is 19.1. The molecule has 27 heavy (non-hydrogen) atoms. The summed E-state index contributed by atoms with van der Waals surface area (Å²) < 4.78 is 10.6.